The van der Waals surface area contributed by atoms with Crippen molar-refractivity contribution in [1.82, 2.24) is 15.2 Å². The number of hydrogen-bond donors (Lipinski definition) is 1. The molecule has 1 aliphatic rings. The van der Waals surface area contributed by atoms with Gasteiger partial charge in [0.25, 0.3) is 0 Å². The van der Waals surface area contributed by atoms with Crippen molar-refractivity contribution < 1.29 is 9.53 Å². The van der Waals surface area contributed by atoms with Gasteiger partial charge in [0.1, 0.15) is 0 Å². The van der Waals surface area contributed by atoms with Crippen LogP contribution < -0.4 is 10.1 Å². The largest absolute Gasteiger partial charge is 0.481 e. The Balaban J connectivity index is 1.67. The molecular weight excluding hydrogens is 314 g/mol. The third-order valence-electron chi connectivity index (χ3n) is 4.64. The van der Waals surface area contributed by atoms with E-state index in [0.29, 0.717) is 12.4 Å². The lowest BCUT2D eigenvalue weighted by atomic mass is 9.95. The van der Waals surface area contributed by atoms with Crippen LogP contribution in [0.25, 0.3) is 0 Å². The van der Waals surface area contributed by atoms with E-state index in [1.54, 1.807) is 13.2 Å². The van der Waals surface area contributed by atoms with E-state index in [1.807, 2.05) is 17.0 Å². The minimum Gasteiger partial charge on any atom is -0.481 e. The SMILES string of the molecule is COc1cccc(CNC(=O)N2CCCCC2c2ccc(C)cc2)n1. The Kier molecular flexibility index (Phi) is 5.53. The standard InChI is InChI=1S/C20H25N3O2/c1-15-9-11-16(12-10-15)18-7-3-4-13-23(18)20(24)21-14-17-6-5-8-19(22-17)25-2/h5-6,8-12,18H,3-4,7,13-14H2,1-2H3,(H,21,24). The van der Waals surface area contributed by atoms with Crippen molar-refractivity contribution >= 4 is 6.03 Å². The van der Waals surface area contributed by atoms with Crippen LogP contribution in [-0.2, 0) is 6.54 Å². The van der Waals surface area contributed by atoms with Gasteiger partial charge in [-0.25, -0.2) is 9.78 Å². The van der Waals surface area contributed by atoms with Crippen LogP contribution in [0, 0.1) is 6.92 Å². The molecule has 1 fully saturated rings. The molecule has 0 saturated carbocycles. The number of pyridine rings is 1. The number of rotatable bonds is 4. The number of methoxy groups -OCH3 is 1. The third kappa shape index (κ3) is 4.29. The highest BCUT2D eigenvalue weighted by atomic mass is 16.5. The zero-order valence-corrected chi connectivity index (χ0v) is 14.9. The molecule has 0 aliphatic carbocycles. The number of hydrogen-bond acceptors (Lipinski definition) is 3. The molecule has 0 radical (unpaired) electrons. The van der Waals surface area contributed by atoms with Crippen molar-refractivity contribution in [1.29, 1.82) is 0 Å². The summed E-state index contributed by atoms with van der Waals surface area (Å²) in [5, 5.41) is 3.00. The Morgan fingerprint density at radius 3 is 2.80 bits per heavy atom. The number of piperidine rings is 1. The second kappa shape index (κ2) is 8.01. The van der Waals surface area contributed by atoms with Crippen molar-refractivity contribution in [3.05, 3.63) is 59.3 Å². The minimum atomic E-state index is -0.0325. The zero-order chi connectivity index (χ0) is 17.6. The molecule has 132 valence electrons. The molecule has 1 saturated heterocycles. The van der Waals surface area contributed by atoms with E-state index >= 15 is 0 Å². The summed E-state index contributed by atoms with van der Waals surface area (Å²) in [4.78, 5) is 19.0. The van der Waals surface area contributed by atoms with E-state index in [-0.39, 0.29) is 12.1 Å². The number of likely N-dealkylation sites (tertiary alicyclic amines) is 1. The molecule has 2 aromatic rings. The van der Waals surface area contributed by atoms with Crippen LogP contribution in [-0.4, -0.2) is 29.6 Å². The van der Waals surface area contributed by atoms with Crippen molar-refractivity contribution in [2.75, 3.05) is 13.7 Å². The molecule has 1 N–H and O–H groups in total. The molecule has 1 atom stereocenters. The van der Waals surface area contributed by atoms with Crippen molar-refractivity contribution in [3.8, 4) is 5.88 Å². The number of ether oxygens (including phenoxy) is 1. The quantitative estimate of drug-likeness (QED) is 0.921. The minimum absolute atomic E-state index is 0.0325. The highest BCUT2D eigenvalue weighted by Crippen LogP contribution is 2.31. The first-order valence-corrected chi connectivity index (χ1v) is 8.78. The maximum atomic E-state index is 12.7. The Bertz CT molecular complexity index is 715. The smallest absolute Gasteiger partial charge is 0.318 e. The van der Waals surface area contributed by atoms with E-state index in [1.165, 1.54) is 11.1 Å². The second-order valence-electron chi connectivity index (χ2n) is 6.45. The van der Waals surface area contributed by atoms with Gasteiger partial charge < -0.3 is 15.0 Å². The topological polar surface area (TPSA) is 54.5 Å². The molecule has 1 aliphatic heterocycles. The lowest BCUT2D eigenvalue weighted by molar-refractivity contribution is 0.151. The van der Waals surface area contributed by atoms with Crippen LogP contribution in [0.3, 0.4) is 0 Å². The normalized spacial score (nSPS) is 17.2. The summed E-state index contributed by atoms with van der Waals surface area (Å²) in [7, 11) is 1.59. The fraction of sp³-hybridized carbons (Fsp3) is 0.400. The predicted octanol–water partition coefficient (Wildman–Crippen LogP) is 3.84. The Labute approximate surface area is 149 Å². The van der Waals surface area contributed by atoms with Gasteiger partial charge in [-0.3, -0.25) is 0 Å². The van der Waals surface area contributed by atoms with Gasteiger partial charge in [-0.2, -0.15) is 0 Å². The fourth-order valence-electron chi connectivity index (χ4n) is 3.25. The molecule has 5 nitrogen and oxygen atoms in total. The molecule has 1 aromatic carbocycles. The van der Waals surface area contributed by atoms with Crippen LogP contribution in [0.15, 0.2) is 42.5 Å². The highest BCUT2D eigenvalue weighted by molar-refractivity contribution is 5.74. The van der Waals surface area contributed by atoms with E-state index in [2.05, 4.69) is 41.5 Å². The first-order chi connectivity index (χ1) is 12.2. The number of carbonyl (C=O) groups excluding carboxylic acids is 1. The van der Waals surface area contributed by atoms with Gasteiger partial charge in [-0.1, -0.05) is 35.9 Å². The summed E-state index contributed by atoms with van der Waals surface area (Å²) in [6.45, 7) is 3.26. The van der Waals surface area contributed by atoms with Gasteiger partial charge in [0.2, 0.25) is 5.88 Å². The average molecular weight is 339 g/mol. The Morgan fingerprint density at radius 1 is 1.24 bits per heavy atom. The Morgan fingerprint density at radius 2 is 2.04 bits per heavy atom. The first kappa shape index (κ1) is 17.3. The van der Waals surface area contributed by atoms with E-state index < -0.39 is 0 Å². The average Bonchev–Trinajstić information content (AvgIpc) is 2.67. The maximum Gasteiger partial charge on any atom is 0.318 e. The Hall–Kier alpha value is -2.56. The van der Waals surface area contributed by atoms with E-state index in [9.17, 15) is 4.79 Å². The van der Waals surface area contributed by atoms with Gasteiger partial charge in [-0.15, -0.1) is 0 Å². The van der Waals surface area contributed by atoms with Gasteiger partial charge in [-0.05, 0) is 37.8 Å². The summed E-state index contributed by atoms with van der Waals surface area (Å²) in [6.07, 6.45) is 3.21. The van der Waals surface area contributed by atoms with Gasteiger partial charge in [0.15, 0.2) is 0 Å². The number of carbonyl (C=O) groups is 1. The number of urea groups is 1. The molecule has 25 heavy (non-hydrogen) atoms. The lowest BCUT2D eigenvalue weighted by Crippen LogP contribution is -2.44. The van der Waals surface area contributed by atoms with Crippen molar-refractivity contribution in [2.24, 2.45) is 0 Å². The number of aromatic nitrogens is 1. The van der Waals surface area contributed by atoms with Gasteiger partial charge in [0.05, 0.1) is 25.4 Å². The summed E-state index contributed by atoms with van der Waals surface area (Å²) in [5.74, 6) is 0.558. The van der Waals surface area contributed by atoms with Crippen LogP contribution in [0.5, 0.6) is 5.88 Å². The van der Waals surface area contributed by atoms with Gasteiger partial charge >= 0.3 is 6.03 Å². The number of aryl methyl sites for hydroxylation is 1. The van der Waals surface area contributed by atoms with Crippen molar-refractivity contribution in [2.45, 2.75) is 38.8 Å². The number of amides is 2. The highest BCUT2D eigenvalue weighted by Gasteiger charge is 2.27. The summed E-state index contributed by atoms with van der Waals surface area (Å²) >= 11 is 0. The molecule has 1 aromatic heterocycles. The predicted molar refractivity (Wildman–Crippen MR) is 97.5 cm³/mol. The summed E-state index contributed by atoms with van der Waals surface area (Å²) in [5.41, 5.74) is 3.23. The van der Waals surface area contributed by atoms with E-state index in [4.69, 9.17) is 4.74 Å². The van der Waals surface area contributed by atoms with Crippen molar-refractivity contribution in [3.63, 3.8) is 0 Å². The molecule has 0 spiro atoms. The number of benzene rings is 1. The molecule has 2 heterocycles. The maximum absolute atomic E-state index is 12.7. The monoisotopic (exact) mass is 339 g/mol. The summed E-state index contributed by atoms with van der Waals surface area (Å²) < 4.78 is 5.13. The first-order valence-electron chi connectivity index (χ1n) is 8.78. The summed E-state index contributed by atoms with van der Waals surface area (Å²) in [6, 6.07) is 14.2. The third-order valence-corrected chi connectivity index (χ3v) is 4.64. The van der Waals surface area contributed by atoms with E-state index in [0.717, 1.165) is 31.5 Å². The molecular formula is C20H25N3O2. The molecule has 3 rings (SSSR count). The van der Waals surface area contributed by atoms with Gasteiger partial charge in [0, 0.05) is 12.6 Å². The van der Waals surface area contributed by atoms with Crippen LogP contribution in [0.4, 0.5) is 4.79 Å². The number of nitrogens with one attached hydrogen (secondary N) is 1. The molecule has 2 amide bonds. The van der Waals surface area contributed by atoms with Crippen LogP contribution >= 0.6 is 0 Å². The zero-order valence-electron chi connectivity index (χ0n) is 14.9. The van der Waals surface area contributed by atoms with Crippen LogP contribution in [0.1, 0.15) is 42.1 Å². The fourth-order valence-corrected chi connectivity index (χ4v) is 3.25. The van der Waals surface area contributed by atoms with Crippen LogP contribution in [0.2, 0.25) is 0 Å². The molecule has 1 unspecified atom stereocenters. The number of nitrogens with zero attached hydrogens (tertiary/aromatic N) is 2. The lowest BCUT2D eigenvalue weighted by Gasteiger charge is -2.36. The second-order valence-corrected chi connectivity index (χ2v) is 6.45. The molecule has 0 bridgehead atoms. The molecule has 5 heteroatoms.